The van der Waals surface area contributed by atoms with Gasteiger partial charge in [-0.15, -0.1) is 0 Å². The Hall–Kier alpha value is -2.10. The predicted molar refractivity (Wildman–Crippen MR) is 110 cm³/mol. The molecule has 1 aromatic rings. The number of likely N-dealkylation sites (tertiary alicyclic amines) is 1. The molecule has 27 heavy (non-hydrogen) atoms. The third-order valence-corrected chi connectivity index (χ3v) is 4.63. The van der Waals surface area contributed by atoms with Crippen LogP contribution in [0.25, 0.3) is 0 Å². The molecule has 1 aliphatic rings. The van der Waals surface area contributed by atoms with Gasteiger partial charge in [0.1, 0.15) is 0 Å². The van der Waals surface area contributed by atoms with Gasteiger partial charge in [0.25, 0.3) is 0 Å². The van der Waals surface area contributed by atoms with E-state index < -0.39 is 0 Å². The molecule has 1 aromatic carbocycles. The van der Waals surface area contributed by atoms with Crippen LogP contribution in [-0.2, 0) is 11.3 Å². The number of rotatable bonds is 8. The van der Waals surface area contributed by atoms with Crippen LogP contribution >= 0.6 is 0 Å². The smallest absolute Gasteiger partial charge is 0.191 e. The standard InChI is InChI=1S/C21H33N5O/c1-4-23-21(24-16-19-7-5-18(15-22)6-8-19)25-20-9-11-26(12-10-20)13-14-27-17(2)3/h5-8,17,20H,4,9-14,16H2,1-3H3,(H2,23,24,25). The second-order valence-electron chi connectivity index (χ2n) is 7.18. The zero-order valence-corrected chi connectivity index (χ0v) is 16.9. The Kier molecular flexibility index (Phi) is 9.09. The van der Waals surface area contributed by atoms with Crippen LogP contribution in [0, 0.1) is 11.3 Å². The number of ether oxygens (including phenoxy) is 1. The van der Waals surface area contributed by atoms with Crippen LogP contribution in [-0.4, -0.2) is 55.8 Å². The van der Waals surface area contributed by atoms with E-state index in [0.717, 1.165) is 57.2 Å². The minimum Gasteiger partial charge on any atom is -0.377 e. The normalized spacial score (nSPS) is 16.3. The van der Waals surface area contributed by atoms with Crippen molar-refractivity contribution in [2.24, 2.45) is 4.99 Å². The SMILES string of the molecule is CCNC(=NCc1ccc(C#N)cc1)NC1CCN(CCOC(C)C)CC1. The number of piperidine rings is 1. The van der Waals surface area contributed by atoms with Gasteiger partial charge >= 0.3 is 0 Å². The lowest BCUT2D eigenvalue weighted by Crippen LogP contribution is -2.49. The molecule has 1 aliphatic heterocycles. The summed E-state index contributed by atoms with van der Waals surface area (Å²) < 4.78 is 5.65. The summed E-state index contributed by atoms with van der Waals surface area (Å²) in [5, 5.41) is 15.8. The molecule has 0 spiro atoms. The van der Waals surface area contributed by atoms with Crippen molar-refractivity contribution in [3.63, 3.8) is 0 Å². The quantitative estimate of drug-likeness (QED) is 0.543. The van der Waals surface area contributed by atoms with Crippen LogP contribution in [0.3, 0.4) is 0 Å². The molecule has 0 radical (unpaired) electrons. The maximum absolute atomic E-state index is 8.88. The molecular weight excluding hydrogens is 338 g/mol. The van der Waals surface area contributed by atoms with Crippen molar-refractivity contribution in [2.75, 3.05) is 32.8 Å². The van der Waals surface area contributed by atoms with Gasteiger partial charge in [-0.1, -0.05) is 12.1 Å². The van der Waals surface area contributed by atoms with Gasteiger partial charge in [-0.2, -0.15) is 5.26 Å². The molecule has 2 N–H and O–H groups in total. The van der Waals surface area contributed by atoms with E-state index in [9.17, 15) is 0 Å². The van der Waals surface area contributed by atoms with Gasteiger partial charge in [0.15, 0.2) is 5.96 Å². The highest BCUT2D eigenvalue weighted by atomic mass is 16.5. The maximum Gasteiger partial charge on any atom is 0.191 e. The molecule has 1 fully saturated rings. The Labute approximate surface area is 163 Å². The van der Waals surface area contributed by atoms with Crippen molar-refractivity contribution >= 4 is 5.96 Å². The number of hydrogen-bond donors (Lipinski definition) is 2. The Bertz CT molecular complexity index is 612. The fraction of sp³-hybridized carbons (Fsp3) is 0.619. The highest BCUT2D eigenvalue weighted by molar-refractivity contribution is 5.80. The number of benzene rings is 1. The summed E-state index contributed by atoms with van der Waals surface area (Å²) in [4.78, 5) is 7.17. The van der Waals surface area contributed by atoms with E-state index in [4.69, 9.17) is 15.0 Å². The van der Waals surface area contributed by atoms with Crippen LogP contribution in [0.15, 0.2) is 29.3 Å². The second kappa shape index (κ2) is 11.6. The Morgan fingerprint density at radius 2 is 2.00 bits per heavy atom. The van der Waals surface area contributed by atoms with Crippen LogP contribution in [0.5, 0.6) is 0 Å². The van der Waals surface area contributed by atoms with Crippen LogP contribution in [0.4, 0.5) is 0 Å². The van der Waals surface area contributed by atoms with Gasteiger partial charge in [-0.3, -0.25) is 0 Å². The molecule has 1 saturated heterocycles. The molecule has 6 nitrogen and oxygen atoms in total. The average molecular weight is 372 g/mol. The summed E-state index contributed by atoms with van der Waals surface area (Å²) in [5.41, 5.74) is 1.78. The highest BCUT2D eigenvalue weighted by Gasteiger charge is 2.19. The molecule has 2 rings (SSSR count). The Morgan fingerprint density at radius 3 is 2.59 bits per heavy atom. The summed E-state index contributed by atoms with van der Waals surface area (Å²) in [5.74, 6) is 0.864. The minimum atomic E-state index is 0.305. The van der Waals surface area contributed by atoms with Crippen molar-refractivity contribution in [3.05, 3.63) is 35.4 Å². The van der Waals surface area contributed by atoms with Crippen LogP contribution < -0.4 is 10.6 Å². The van der Waals surface area contributed by atoms with Crippen molar-refractivity contribution in [1.82, 2.24) is 15.5 Å². The molecule has 0 atom stereocenters. The molecule has 0 amide bonds. The monoisotopic (exact) mass is 371 g/mol. The Balaban J connectivity index is 1.79. The van der Waals surface area contributed by atoms with Crippen LogP contribution in [0.1, 0.15) is 44.7 Å². The van der Waals surface area contributed by atoms with Crippen molar-refractivity contribution in [3.8, 4) is 6.07 Å². The lowest BCUT2D eigenvalue weighted by atomic mass is 10.1. The number of nitrogens with zero attached hydrogens (tertiary/aromatic N) is 3. The molecular formula is C21H33N5O. The van der Waals surface area contributed by atoms with E-state index in [-0.39, 0.29) is 0 Å². The van der Waals surface area contributed by atoms with Gasteiger partial charge in [-0.05, 0) is 51.3 Å². The summed E-state index contributed by atoms with van der Waals surface area (Å²) in [6, 6.07) is 10.2. The number of nitrogens with one attached hydrogen (secondary N) is 2. The van der Waals surface area contributed by atoms with Gasteiger partial charge in [-0.25, -0.2) is 4.99 Å². The van der Waals surface area contributed by atoms with Gasteiger partial charge < -0.3 is 20.3 Å². The summed E-state index contributed by atoms with van der Waals surface area (Å²) in [7, 11) is 0. The Morgan fingerprint density at radius 1 is 1.30 bits per heavy atom. The first kappa shape index (κ1) is 21.2. The predicted octanol–water partition coefficient (Wildman–Crippen LogP) is 2.50. The van der Waals surface area contributed by atoms with Crippen molar-refractivity contribution in [1.29, 1.82) is 5.26 Å². The lowest BCUT2D eigenvalue weighted by molar-refractivity contribution is 0.0532. The van der Waals surface area contributed by atoms with Crippen molar-refractivity contribution < 1.29 is 4.74 Å². The average Bonchev–Trinajstić information content (AvgIpc) is 2.68. The highest BCUT2D eigenvalue weighted by Crippen LogP contribution is 2.10. The summed E-state index contributed by atoms with van der Waals surface area (Å²) in [6.07, 6.45) is 2.53. The fourth-order valence-electron chi connectivity index (χ4n) is 3.09. The van der Waals surface area contributed by atoms with E-state index in [1.807, 2.05) is 24.3 Å². The van der Waals surface area contributed by atoms with E-state index in [1.165, 1.54) is 0 Å². The zero-order valence-electron chi connectivity index (χ0n) is 16.9. The molecule has 148 valence electrons. The number of hydrogen-bond acceptors (Lipinski definition) is 4. The molecule has 0 bridgehead atoms. The van der Waals surface area contributed by atoms with E-state index in [2.05, 4.69) is 42.4 Å². The number of guanidine groups is 1. The van der Waals surface area contributed by atoms with E-state index in [0.29, 0.717) is 24.3 Å². The van der Waals surface area contributed by atoms with E-state index >= 15 is 0 Å². The number of aliphatic imine (C=N–C) groups is 1. The maximum atomic E-state index is 8.88. The molecule has 0 aromatic heterocycles. The van der Waals surface area contributed by atoms with Gasteiger partial charge in [0, 0.05) is 32.2 Å². The molecule has 0 unspecified atom stereocenters. The molecule has 0 saturated carbocycles. The fourth-order valence-corrected chi connectivity index (χ4v) is 3.09. The van der Waals surface area contributed by atoms with Gasteiger partial charge in [0.2, 0.25) is 0 Å². The third kappa shape index (κ3) is 7.98. The lowest BCUT2D eigenvalue weighted by Gasteiger charge is -2.33. The van der Waals surface area contributed by atoms with Gasteiger partial charge in [0.05, 0.1) is 30.9 Å². The molecule has 0 aliphatic carbocycles. The molecule has 1 heterocycles. The second-order valence-corrected chi connectivity index (χ2v) is 7.18. The zero-order chi connectivity index (χ0) is 19.5. The topological polar surface area (TPSA) is 72.7 Å². The summed E-state index contributed by atoms with van der Waals surface area (Å²) in [6.45, 7) is 11.7. The first-order valence-electron chi connectivity index (χ1n) is 9.98. The first-order valence-corrected chi connectivity index (χ1v) is 9.98. The minimum absolute atomic E-state index is 0.305. The first-order chi connectivity index (χ1) is 13.1. The van der Waals surface area contributed by atoms with Crippen LogP contribution in [0.2, 0.25) is 0 Å². The van der Waals surface area contributed by atoms with Crippen molar-refractivity contribution in [2.45, 2.75) is 52.3 Å². The molecule has 6 heteroatoms. The van der Waals surface area contributed by atoms with E-state index in [1.54, 1.807) is 0 Å². The third-order valence-electron chi connectivity index (χ3n) is 4.63. The summed E-state index contributed by atoms with van der Waals surface area (Å²) >= 11 is 0. The number of nitriles is 1. The largest absolute Gasteiger partial charge is 0.377 e.